The standard InChI is InChI=1S/C25H27N7/c1-3-16(12-18(26)4-2)17-8-9-20-19(13-17)23(31-30-20)25-28-21-14-27-15-22(24(21)29-25)32-10-6-5-7-11-32/h3-4,8-9,12-15H,2,5-7,10-11,26H2,1H3,(H,28,29)(H,30,31)/b16-3+,18-12+. The summed E-state index contributed by atoms with van der Waals surface area (Å²) in [5, 5.41) is 8.71. The number of nitrogens with one attached hydrogen (secondary N) is 2. The molecule has 0 unspecified atom stereocenters. The minimum Gasteiger partial charge on any atom is -0.399 e. The minimum atomic E-state index is 0.626. The Labute approximate surface area is 186 Å². The summed E-state index contributed by atoms with van der Waals surface area (Å²) in [6.45, 7) is 7.83. The Kier molecular flexibility index (Phi) is 5.23. The van der Waals surface area contributed by atoms with Crippen LogP contribution in [-0.2, 0) is 0 Å². The van der Waals surface area contributed by atoms with E-state index >= 15 is 0 Å². The predicted molar refractivity (Wildman–Crippen MR) is 131 cm³/mol. The van der Waals surface area contributed by atoms with E-state index in [1.807, 2.05) is 37.5 Å². The molecule has 0 atom stereocenters. The van der Waals surface area contributed by atoms with Crippen molar-refractivity contribution in [2.24, 2.45) is 5.73 Å². The van der Waals surface area contributed by atoms with E-state index in [9.17, 15) is 0 Å². The molecule has 0 bridgehead atoms. The molecule has 5 rings (SSSR count). The first kappa shape index (κ1) is 20.1. The van der Waals surface area contributed by atoms with Crippen molar-refractivity contribution in [3.8, 4) is 11.5 Å². The number of hydrogen-bond acceptors (Lipinski definition) is 5. The molecule has 32 heavy (non-hydrogen) atoms. The lowest BCUT2D eigenvalue weighted by Gasteiger charge is -2.28. The highest BCUT2D eigenvalue weighted by Crippen LogP contribution is 2.32. The Morgan fingerprint density at radius 1 is 1.16 bits per heavy atom. The number of aromatic nitrogens is 5. The molecule has 7 heteroatoms. The molecule has 0 spiro atoms. The van der Waals surface area contributed by atoms with Gasteiger partial charge in [0.25, 0.3) is 0 Å². The molecule has 4 aromatic rings. The van der Waals surface area contributed by atoms with E-state index in [2.05, 4.69) is 43.8 Å². The molecule has 1 aliphatic heterocycles. The normalized spacial score (nSPS) is 15.6. The van der Waals surface area contributed by atoms with Gasteiger partial charge in [0.05, 0.1) is 29.1 Å². The molecule has 0 saturated carbocycles. The molecular weight excluding hydrogens is 398 g/mol. The van der Waals surface area contributed by atoms with Crippen molar-refractivity contribution < 1.29 is 0 Å². The zero-order valence-electron chi connectivity index (χ0n) is 18.2. The summed E-state index contributed by atoms with van der Waals surface area (Å²) in [5.41, 5.74) is 13.4. The molecule has 7 nitrogen and oxygen atoms in total. The van der Waals surface area contributed by atoms with Gasteiger partial charge in [0, 0.05) is 24.2 Å². The Hall–Kier alpha value is -3.87. The van der Waals surface area contributed by atoms with Crippen molar-refractivity contribution in [3.63, 3.8) is 0 Å². The van der Waals surface area contributed by atoms with Crippen molar-refractivity contribution in [2.45, 2.75) is 26.2 Å². The predicted octanol–water partition coefficient (Wildman–Crippen LogP) is 4.92. The van der Waals surface area contributed by atoms with Crippen molar-refractivity contribution in [1.29, 1.82) is 0 Å². The van der Waals surface area contributed by atoms with E-state index in [-0.39, 0.29) is 0 Å². The van der Waals surface area contributed by atoms with Crippen LogP contribution in [0.2, 0.25) is 0 Å². The van der Waals surface area contributed by atoms with Gasteiger partial charge in [-0.05, 0) is 61.6 Å². The Morgan fingerprint density at radius 3 is 2.78 bits per heavy atom. The number of imidazole rings is 1. The lowest BCUT2D eigenvalue weighted by molar-refractivity contribution is 0.578. The van der Waals surface area contributed by atoms with Crippen LogP contribution in [0.3, 0.4) is 0 Å². The van der Waals surface area contributed by atoms with Crippen LogP contribution in [0, 0.1) is 0 Å². The first-order valence-electron chi connectivity index (χ1n) is 11.0. The summed E-state index contributed by atoms with van der Waals surface area (Å²) in [6.07, 6.45) is 13.1. The van der Waals surface area contributed by atoms with Crippen molar-refractivity contribution in [2.75, 3.05) is 18.0 Å². The topological polar surface area (TPSA) is 99.5 Å². The SMILES string of the molecule is C=C/C(N)=C\C(=C/C)c1ccc2[nH]nc(-c3nc4c(N5CCCCC5)cncc4[nH]3)c2c1. The molecule has 0 amide bonds. The summed E-state index contributed by atoms with van der Waals surface area (Å²) >= 11 is 0. The first-order chi connectivity index (χ1) is 15.7. The fourth-order valence-corrected chi connectivity index (χ4v) is 4.34. The average molecular weight is 426 g/mol. The van der Waals surface area contributed by atoms with Crippen LogP contribution in [0.15, 0.2) is 61.1 Å². The highest BCUT2D eigenvalue weighted by molar-refractivity contribution is 5.97. The maximum atomic E-state index is 5.98. The highest BCUT2D eigenvalue weighted by atomic mass is 15.2. The third-order valence-corrected chi connectivity index (χ3v) is 6.06. The second-order valence-corrected chi connectivity index (χ2v) is 8.11. The molecule has 1 aliphatic rings. The first-order valence-corrected chi connectivity index (χ1v) is 11.0. The Bertz CT molecular complexity index is 1350. The number of piperidine rings is 1. The summed E-state index contributed by atoms with van der Waals surface area (Å²) in [7, 11) is 0. The van der Waals surface area contributed by atoms with E-state index in [0.717, 1.165) is 63.4 Å². The number of fused-ring (bicyclic) bond motifs is 2. The highest BCUT2D eigenvalue weighted by Gasteiger charge is 2.19. The summed E-state index contributed by atoms with van der Waals surface area (Å²) in [6, 6.07) is 6.21. The monoisotopic (exact) mass is 425 g/mol. The van der Waals surface area contributed by atoms with Gasteiger partial charge >= 0.3 is 0 Å². The maximum Gasteiger partial charge on any atom is 0.159 e. The van der Waals surface area contributed by atoms with Gasteiger partial charge in [0.15, 0.2) is 5.82 Å². The lowest BCUT2D eigenvalue weighted by atomic mass is 10.0. The number of benzene rings is 1. The van der Waals surface area contributed by atoms with Crippen LogP contribution in [0.5, 0.6) is 0 Å². The maximum absolute atomic E-state index is 5.98. The molecule has 1 saturated heterocycles. The third-order valence-electron chi connectivity index (χ3n) is 6.06. The molecule has 0 radical (unpaired) electrons. The van der Waals surface area contributed by atoms with Crippen molar-refractivity contribution in [3.05, 3.63) is 66.7 Å². The molecule has 4 N–H and O–H groups in total. The number of anilines is 1. The van der Waals surface area contributed by atoms with E-state index in [1.165, 1.54) is 19.3 Å². The van der Waals surface area contributed by atoms with Gasteiger partial charge in [-0.25, -0.2) is 4.98 Å². The summed E-state index contributed by atoms with van der Waals surface area (Å²) < 4.78 is 0. The smallest absolute Gasteiger partial charge is 0.159 e. The van der Waals surface area contributed by atoms with Crippen molar-refractivity contribution >= 4 is 33.2 Å². The van der Waals surface area contributed by atoms with Crippen LogP contribution in [-0.4, -0.2) is 38.2 Å². The Balaban J connectivity index is 1.59. The fraction of sp³-hybridized carbons (Fsp3) is 0.240. The average Bonchev–Trinajstić information content (AvgIpc) is 3.46. The second kappa shape index (κ2) is 8.34. The number of rotatable bonds is 5. The van der Waals surface area contributed by atoms with Crippen LogP contribution in [0.4, 0.5) is 5.69 Å². The number of H-pyrrole nitrogens is 2. The van der Waals surface area contributed by atoms with Gasteiger partial charge in [-0.1, -0.05) is 18.7 Å². The van der Waals surface area contributed by atoms with Gasteiger partial charge in [-0.3, -0.25) is 10.1 Å². The fourth-order valence-electron chi connectivity index (χ4n) is 4.34. The third kappa shape index (κ3) is 3.56. The van der Waals surface area contributed by atoms with Crippen LogP contribution < -0.4 is 10.6 Å². The van der Waals surface area contributed by atoms with Gasteiger partial charge < -0.3 is 15.6 Å². The molecule has 0 aliphatic carbocycles. The molecule has 4 heterocycles. The Morgan fingerprint density at radius 2 is 2.00 bits per heavy atom. The molecular formula is C25H27N7. The summed E-state index contributed by atoms with van der Waals surface area (Å²) in [4.78, 5) is 15.2. The van der Waals surface area contributed by atoms with Gasteiger partial charge in [-0.2, -0.15) is 5.10 Å². The number of allylic oxidation sites excluding steroid dienone is 4. The number of nitrogens with two attached hydrogens (primary N) is 1. The molecule has 1 aromatic carbocycles. The minimum absolute atomic E-state index is 0.626. The van der Waals surface area contributed by atoms with Crippen molar-refractivity contribution in [1.82, 2.24) is 25.1 Å². The quantitative estimate of drug-likeness (QED) is 0.394. The van der Waals surface area contributed by atoms with E-state index < -0.39 is 0 Å². The van der Waals surface area contributed by atoms with Crippen LogP contribution >= 0.6 is 0 Å². The second-order valence-electron chi connectivity index (χ2n) is 8.11. The zero-order valence-corrected chi connectivity index (χ0v) is 18.2. The molecule has 162 valence electrons. The lowest BCUT2D eigenvalue weighted by Crippen LogP contribution is -2.29. The van der Waals surface area contributed by atoms with Gasteiger partial charge in [-0.15, -0.1) is 0 Å². The number of aromatic amines is 2. The van der Waals surface area contributed by atoms with Crippen LogP contribution in [0.1, 0.15) is 31.7 Å². The number of pyridine rings is 1. The molecule has 1 fully saturated rings. The van der Waals surface area contributed by atoms with Crippen LogP contribution in [0.25, 0.3) is 39.0 Å². The number of nitrogens with zero attached hydrogens (tertiary/aromatic N) is 4. The largest absolute Gasteiger partial charge is 0.399 e. The van der Waals surface area contributed by atoms with Gasteiger partial charge in [0.2, 0.25) is 0 Å². The van der Waals surface area contributed by atoms with E-state index in [1.54, 1.807) is 6.08 Å². The van der Waals surface area contributed by atoms with E-state index in [4.69, 9.17) is 10.7 Å². The zero-order chi connectivity index (χ0) is 22.1. The van der Waals surface area contributed by atoms with E-state index in [0.29, 0.717) is 5.70 Å². The summed E-state index contributed by atoms with van der Waals surface area (Å²) in [5.74, 6) is 0.734. The number of hydrogen-bond donors (Lipinski definition) is 3. The van der Waals surface area contributed by atoms with Gasteiger partial charge in [0.1, 0.15) is 11.2 Å². The molecule has 3 aromatic heterocycles.